The van der Waals surface area contributed by atoms with Crippen molar-refractivity contribution in [3.63, 3.8) is 0 Å². The van der Waals surface area contributed by atoms with Gasteiger partial charge in [0.25, 0.3) is 0 Å². The minimum atomic E-state index is -0.279. The topological polar surface area (TPSA) is 90.3 Å². The maximum absolute atomic E-state index is 12.4. The Morgan fingerprint density at radius 2 is 2.28 bits per heavy atom. The van der Waals surface area contributed by atoms with Crippen molar-refractivity contribution in [3.05, 3.63) is 30.1 Å². The highest BCUT2D eigenvalue weighted by atomic mass is 16.5. The molecule has 1 aliphatic heterocycles. The number of carbonyl (C=O) groups excluding carboxylic acids is 1. The Balaban J connectivity index is 1.71. The number of rotatable bonds is 5. The molecule has 134 valence electrons. The highest BCUT2D eigenvalue weighted by molar-refractivity contribution is 5.91. The lowest BCUT2D eigenvalue weighted by Crippen LogP contribution is -2.45. The van der Waals surface area contributed by atoms with Gasteiger partial charge in [0.2, 0.25) is 0 Å². The molecule has 0 saturated carbocycles. The molecule has 8 heteroatoms. The lowest BCUT2D eigenvalue weighted by molar-refractivity contribution is 0.0428. The molecule has 0 radical (unpaired) electrons. The van der Waals surface area contributed by atoms with Crippen LogP contribution < -0.4 is 10.6 Å². The van der Waals surface area contributed by atoms with E-state index in [0.29, 0.717) is 19.8 Å². The maximum atomic E-state index is 12.4. The van der Waals surface area contributed by atoms with Crippen molar-refractivity contribution in [3.8, 4) is 11.4 Å². The van der Waals surface area contributed by atoms with Gasteiger partial charge in [-0.15, -0.1) is 10.2 Å². The van der Waals surface area contributed by atoms with Crippen LogP contribution in [-0.2, 0) is 16.5 Å². The molecule has 1 saturated heterocycles. The van der Waals surface area contributed by atoms with E-state index in [-0.39, 0.29) is 18.2 Å². The smallest absolute Gasteiger partial charge is 0.319 e. The molecule has 2 aromatic rings. The monoisotopic (exact) mass is 345 g/mol. The van der Waals surface area contributed by atoms with E-state index in [1.54, 1.807) is 6.33 Å². The van der Waals surface area contributed by atoms with Gasteiger partial charge in [0.1, 0.15) is 12.4 Å². The standard InChI is InChI=1S/C17H23N5O3/c1-4-25-15-9-24-8-14(15)20-17(23)19-13-7-5-6-12(11(13)2)16-21-18-10-22(16)3/h5-7,10,14-15H,4,8-9H2,1-3H3,(H2,19,20,23)/t14-,15-/m0/s1. The zero-order chi connectivity index (χ0) is 17.8. The number of aryl methyl sites for hydroxylation is 1. The molecule has 0 unspecified atom stereocenters. The van der Waals surface area contributed by atoms with E-state index >= 15 is 0 Å². The Labute approximate surface area is 146 Å². The van der Waals surface area contributed by atoms with Crippen LogP contribution in [0.15, 0.2) is 24.5 Å². The van der Waals surface area contributed by atoms with Crippen LogP contribution in [-0.4, -0.2) is 52.8 Å². The van der Waals surface area contributed by atoms with Crippen molar-refractivity contribution >= 4 is 11.7 Å². The summed E-state index contributed by atoms with van der Waals surface area (Å²) in [6.45, 7) is 5.42. The van der Waals surface area contributed by atoms with Gasteiger partial charge in [-0.25, -0.2) is 4.79 Å². The molecule has 3 rings (SSSR count). The van der Waals surface area contributed by atoms with Gasteiger partial charge in [0.05, 0.1) is 19.3 Å². The molecule has 1 aromatic carbocycles. The Morgan fingerprint density at radius 3 is 3.00 bits per heavy atom. The first-order valence-electron chi connectivity index (χ1n) is 8.31. The molecule has 2 amide bonds. The highest BCUT2D eigenvalue weighted by Gasteiger charge is 2.30. The molecule has 1 fully saturated rings. The van der Waals surface area contributed by atoms with Crippen LogP contribution in [0.4, 0.5) is 10.5 Å². The predicted molar refractivity (Wildman–Crippen MR) is 93.4 cm³/mol. The Kier molecular flexibility index (Phi) is 5.30. The molecular weight excluding hydrogens is 322 g/mol. The zero-order valence-electron chi connectivity index (χ0n) is 14.7. The summed E-state index contributed by atoms with van der Waals surface area (Å²) in [5.41, 5.74) is 2.58. The van der Waals surface area contributed by atoms with Crippen LogP contribution in [0.1, 0.15) is 12.5 Å². The highest BCUT2D eigenvalue weighted by Crippen LogP contribution is 2.26. The number of anilines is 1. The average Bonchev–Trinajstić information content (AvgIpc) is 3.19. The third-order valence-electron chi connectivity index (χ3n) is 4.26. The number of nitrogens with one attached hydrogen (secondary N) is 2. The van der Waals surface area contributed by atoms with Crippen LogP contribution in [0, 0.1) is 6.92 Å². The van der Waals surface area contributed by atoms with Crippen molar-refractivity contribution in [1.82, 2.24) is 20.1 Å². The van der Waals surface area contributed by atoms with Crippen LogP contribution in [0.3, 0.4) is 0 Å². The molecular formula is C17H23N5O3. The molecule has 0 aliphatic carbocycles. The number of amides is 2. The number of nitrogens with zero attached hydrogens (tertiary/aromatic N) is 3. The normalized spacial score (nSPS) is 19.8. The summed E-state index contributed by atoms with van der Waals surface area (Å²) >= 11 is 0. The molecule has 1 aromatic heterocycles. The Morgan fingerprint density at radius 1 is 1.44 bits per heavy atom. The first-order valence-corrected chi connectivity index (χ1v) is 8.31. The number of hydrogen-bond acceptors (Lipinski definition) is 5. The molecule has 0 bridgehead atoms. The van der Waals surface area contributed by atoms with E-state index < -0.39 is 0 Å². The third-order valence-corrected chi connectivity index (χ3v) is 4.26. The minimum absolute atomic E-state index is 0.109. The van der Waals surface area contributed by atoms with Gasteiger partial charge in [0, 0.05) is 24.9 Å². The van der Waals surface area contributed by atoms with Gasteiger partial charge in [0.15, 0.2) is 5.82 Å². The van der Waals surface area contributed by atoms with E-state index in [0.717, 1.165) is 22.6 Å². The van der Waals surface area contributed by atoms with Gasteiger partial charge < -0.3 is 24.7 Å². The van der Waals surface area contributed by atoms with E-state index in [4.69, 9.17) is 9.47 Å². The van der Waals surface area contributed by atoms with Crippen LogP contribution in [0.5, 0.6) is 0 Å². The van der Waals surface area contributed by atoms with Gasteiger partial charge in [-0.05, 0) is 25.5 Å². The first-order chi connectivity index (χ1) is 12.1. The minimum Gasteiger partial charge on any atom is -0.376 e. The van der Waals surface area contributed by atoms with E-state index in [1.165, 1.54) is 0 Å². The van der Waals surface area contributed by atoms with E-state index in [2.05, 4.69) is 20.8 Å². The molecule has 2 atom stereocenters. The fourth-order valence-electron chi connectivity index (χ4n) is 2.91. The average molecular weight is 345 g/mol. The molecule has 25 heavy (non-hydrogen) atoms. The molecule has 0 spiro atoms. The molecule has 2 N–H and O–H groups in total. The summed E-state index contributed by atoms with van der Waals surface area (Å²) < 4.78 is 12.8. The fraction of sp³-hybridized carbons (Fsp3) is 0.471. The second-order valence-electron chi connectivity index (χ2n) is 5.98. The van der Waals surface area contributed by atoms with Crippen LogP contribution in [0.2, 0.25) is 0 Å². The van der Waals surface area contributed by atoms with E-state index in [9.17, 15) is 4.79 Å². The zero-order valence-corrected chi connectivity index (χ0v) is 14.7. The summed E-state index contributed by atoms with van der Waals surface area (Å²) in [5.74, 6) is 0.752. The van der Waals surface area contributed by atoms with Gasteiger partial charge >= 0.3 is 6.03 Å². The fourth-order valence-corrected chi connectivity index (χ4v) is 2.91. The molecule has 8 nitrogen and oxygen atoms in total. The number of aromatic nitrogens is 3. The molecule has 1 aliphatic rings. The second kappa shape index (κ2) is 7.62. The van der Waals surface area contributed by atoms with Gasteiger partial charge in [-0.1, -0.05) is 12.1 Å². The number of carbonyl (C=O) groups is 1. The van der Waals surface area contributed by atoms with Crippen molar-refractivity contribution in [2.45, 2.75) is 26.0 Å². The first kappa shape index (κ1) is 17.4. The van der Waals surface area contributed by atoms with Crippen molar-refractivity contribution in [2.24, 2.45) is 7.05 Å². The second-order valence-corrected chi connectivity index (χ2v) is 5.98. The predicted octanol–water partition coefficient (Wildman–Crippen LogP) is 1.72. The molecule has 2 heterocycles. The number of ether oxygens (including phenoxy) is 2. The lowest BCUT2D eigenvalue weighted by Gasteiger charge is -2.20. The maximum Gasteiger partial charge on any atom is 0.319 e. The van der Waals surface area contributed by atoms with Crippen molar-refractivity contribution in [1.29, 1.82) is 0 Å². The number of urea groups is 1. The Bertz CT molecular complexity index is 746. The summed E-state index contributed by atoms with van der Waals surface area (Å²) in [4.78, 5) is 12.4. The van der Waals surface area contributed by atoms with Crippen LogP contribution >= 0.6 is 0 Å². The van der Waals surface area contributed by atoms with Gasteiger partial charge in [-0.3, -0.25) is 0 Å². The summed E-state index contributed by atoms with van der Waals surface area (Å²) in [5, 5.41) is 13.9. The largest absolute Gasteiger partial charge is 0.376 e. The SMILES string of the molecule is CCO[C@H]1COC[C@@H]1NC(=O)Nc1cccc(-c2nncn2C)c1C. The van der Waals surface area contributed by atoms with Crippen LogP contribution in [0.25, 0.3) is 11.4 Å². The van der Waals surface area contributed by atoms with Gasteiger partial charge in [-0.2, -0.15) is 0 Å². The third kappa shape index (κ3) is 3.80. The number of benzene rings is 1. The number of hydrogen-bond donors (Lipinski definition) is 2. The summed E-state index contributed by atoms with van der Waals surface area (Å²) in [7, 11) is 1.88. The van der Waals surface area contributed by atoms with E-state index in [1.807, 2.05) is 43.7 Å². The van der Waals surface area contributed by atoms with Crippen molar-refractivity contribution in [2.75, 3.05) is 25.1 Å². The quantitative estimate of drug-likeness (QED) is 0.861. The summed E-state index contributed by atoms with van der Waals surface area (Å²) in [6, 6.07) is 5.27. The Hall–Kier alpha value is -2.45. The lowest BCUT2D eigenvalue weighted by atomic mass is 10.1. The summed E-state index contributed by atoms with van der Waals surface area (Å²) in [6.07, 6.45) is 1.54. The van der Waals surface area contributed by atoms with Crippen molar-refractivity contribution < 1.29 is 14.3 Å².